The summed E-state index contributed by atoms with van der Waals surface area (Å²) >= 11 is 0. The van der Waals surface area contributed by atoms with E-state index in [1.54, 1.807) is 36.3 Å². The zero-order valence-corrected chi connectivity index (χ0v) is 18.4. The molecule has 170 valence electrons. The molecule has 0 bridgehead atoms. The third-order valence-corrected chi connectivity index (χ3v) is 5.34. The highest BCUT2D eigenvalue weighted by Crippen LogP contribution is 2.30. The molecule has 0 aliphatic carbocycles. The number of carbonyl (C=O) groups excluding carboxylic acids is 2. The van der Waals surface area contributed by atoms with Gasteiger partial charge in [-0.05, 0) is 43.2 Å². The number of hydrogen-bond donors (Lipinski definition) is 1. The molecule has 1 N–H and O–H groups in total. The molecule has 3 rings (SSSR count). The number of methoxy groups -OCH3 is 1. The van der Waals surface area contributed by atoms with E-state index in [1.807, 2.05) is 13.8 Å². The smallest absolute Gasteiger partial charge is 0.270 e. The van der Waals surface area contributed by atoms with Gasteiger partial charge in [-0.15, -0.1) is 0 Å². The maximum absolute atomic E-state index is 13.0. The van der Waals surface area contributed by atoms with Crippen molar-refractivity contribution in [2.75, 3.05) is 20.2 Å². The summed E-state index contributed by atoms with van der Waals surface area (Å²) in [5.74, 6) is 0.916. The van der Waals surface area contributed by atoms with Crippen LogP contribution in [0.2, 0.25) is 0 Å². The first-order valence-corrected chi connectivity index (χ1v) is 10.5. The zero-order chi connectivity index (χ0) is 23.3. The van der Waals surface area contributed by atoms with Crippen LogP contribution < -0.4 is 14.8 Å². The average molecular weight is 441 g/mol. The Morgan fingerprint density at radius 3 is 2.28 bits per heavy atom. The summed E-state index contributed by atoms with van der Waals surface area (Å²) < 4.78 is 11.0. The molecule has 0 radical (unpaired) electrons. The van der Waals surface area contributed by atoms with Gasteiger partial charge in [0.15, 0.2) is 0 Å². The van der Waals surface area contributed by atoms with Crippen molar-refractivity contribution in [2.45, 2.75) is 32.7 Å². The maximum Gasteiger partial charge on any atom is 0.270 e. The maximum atomic E-state index is 13.0. The molecule has 1 saturated heterocycles. The molecule has 9 nitrogen and oxygen atoms in total. The number of benzene rings is 2. The van der Waals surface area contributed by atoms with Crippen LogP contribution in [0.15, 0.2) is 42.5 Å². The van der Waals surface area contributed by atoms with E-state index in [-0.39, 0.29) is 34.9 Å². The number of likely N-dealkylation sites (tertiary alicyclic amines) is 1. The predicted octanol–water partition coefficient (Wildman–Crippen LogP) is 3.77. The van der Waals surface area contributed by atoms with E-state index in [9.17, 15) is 19.7 Å². The van der Waals surface area contributed by atoms with Crippen molar-refractivity contribution < 1.29 is 24.0 Å². The molecule has 1 aliphatic heterocycles. The molecule has 2 aromatic carbocycles. The van der Waals surface area contributed by atoms with Crippen LogP contribution in [0.25, 0.3) is 0 Å². The lowest BCUT2D eigenvalue weighted by atomic mass is 10.0. The van der Waals surface area contributed by atoms with Gasteiger partial charge in [-0.3, -0.25) is 19.7 Å². The fourth-order valence-electron chi connectivity index (χ4n) is 3.54. The molecule has 32 heavy (non-hydrogen) atoms. The minimum Gasteiger partial charge on any atom is -0.497 e. The number of piperidine rings is 1. The second-order valence-electron chi connectivity index (χ2n) is 7.94. The van der Waals surface area contributed by atoms with Crippen LogP contribution in [0.5, 0.6) is 17.2 Å². The van der Waals surface area contributed by atoms with Gasteiger partial charge in [-0.2, -0.15) is 0 Å². The SMILES string of the molecule is COc1ccc(Oc2ccc([N+](=O)[O-])cc2C(=O)NC2CCN(C(=O)C(C)C)CC2)cc1. The number of nitrogens with zero attached hydrogens (tertiary/aromatic N) is 2. The van der Waals surface area contributed by atoms with Crippen LogP contribution in [0.1, 0.15) is 37.0 Å². The van der Waals surface area contributed by atoms with E-state index in [0.717, 1.165) is 0 Å². The Morgan fingerprint density at radius 1 is 1.09 bits per heavy atom. The van der Waals surface area contributed by atoms with Gasteiger partial charge >= 0.3 is 0 Å². The minimum atomic E-state index is -0.552. The molecule has 1 fully saturated rings. The van der Waals surface area contributed by atoms with Gasteiger partial charge in [-0.1, -0.05) is 13.8 Å². The van der Waals surface area contributed by atoms with E-state index in [1.165, 1.54) is 18.2 Å². The van der Waals surface area contributed by atoms with E-state index in [4.69, 9.17) is 9.47 Å². The first-order valence-electron chi connectivity index (χ1n) is 10.5. The van der Waals surface area contributed by atoms with Crippen molar-refractivity contribution >= 4 is 17.5 Å². The minimum absolute atomic E-state index is 0.0660. The molecular weight excluding hydrogens is 414 g/mol. The topological polar surface area (TPSA) is 111 Å². The molecule has 1 heterocycles. The summed E-state index contributed by atoms with van der Waals surface area (Å²) in [4.78, 5) is 37.7. The quantitative estimate of drug-likeness (QED) is 0.517. The van der Waals surface area contributed by atoms with E-state index in [0.29, 0.717) is 37.4 Å². The summed E-state index contributed by atoms with van der Waals surface area (Å²) in [5.41, 5.74) is -0.120. The molecule has 9 heteroatoms. The highest BCUT2D eigenvalue weighted by Gasteiger charge is 2.27. The average Bonchev–Trinajstić information content (AvgIpc) is 2.79. The molecule has 2 aromatic rings. The van der Waals surface area contributed by atoms with E-state index in [2.05, 4.69) is 5.32 Å². The monoisotopic (exact) mass is 441 g/mol. The highest BCUT2D eigenvalue weighted by molar-refractivity contribution is 5.98. The van der Waals surface area contributed by atoms with Crippen molar-refractivity contribution in [3.8, 4) is 17.2 Å². The van der Waals surface area contributed by atoms with Crippen molar-refractivity contribution in [3.63, 3.8) is 0 Å². The summed E-state index contributed by atoms with van der Waals surface area (Å²) in [6, 6.07) is 10.6. The lowest BCUT2D eigenvalue weighted by Gasteiger charge is -2.33. The van der Waals surface area contributed by atoms with Gasteiger partial charge in [0.1, 0.15) is 17.2 Å². The number of non-ortho nitro benzene ring substituents is 1. The predicted molar refractivity (Wildman–Crippen MR) is 118 cm³/mol. The summed E-state index contributed by atoms with van der Waals surface area (Å²) in [5, 5.41) is 14.2. The number of nitrogens with one attached hydrogen (secondary N) is 1. The number of nitro benzene ring substituents is 1. The Balaban J connectivity index is 1.74. The van der Waals surface area contributed by atoms with Crippen LogP contribution in [-0.4, -0.2) is 47.9 Å². The van der Waals surface area contributed by atoms with Crippen molar-refractivity contribution in [2.24, 2.45) is 5.92 Å². The summed E-state index contributed by atoms with van der Waals surface area (Å²) in [6.07, 6.45) is 1.24. The number of carbonyl (C=O) groups is 2. The van der Waals surface area contributed by atoms with E-state index >= 15 is 0 Å². The third kappa shape index (κ3) is 5.54. The van der Waals surface area contributed by atoms with Crippen molar-refractivity contribution in [1.82, 2.24) is 10.2 Å². The highest BCUT2D eigenvalue weighted by atomic mass is 16.6. The third-order valence-electron chi connectivity index (χ3n) is 5.34. The molecular formula is C23H27N3O6. The first-order chi connectivity index (χ1) is 15.3. The number of amides is 2. The summed E-state index contributed by atoms with van der Waals surface area (Å²) in [7, 11) is 1.55. The molecule has 1 aliphatic rings. The lowest BCUT2D eigenvalue weighted by Crippen LogP contribution is -2.47. The van der Waals surface area contributed by atoms with Crippen LogP contribution in [0.4, 0.5) is 5.69 Å². The summed E-state index contributed by atoms with van der Waals surface area (Å²) in [6.45, 7) is 4.85. The molecule has 0 saturated carbocycles. The van der Waals surface area contributed by atoms with Crippen LogP contribution in [-0.2, 0) is 4.79 Å². The van der Waals surface area contributed by atoms with Gasteiger partial charge in [0.2, 0.25) is 5.91 Å². The standard InChI is InChI=1S/C23H27N3O6/c1-15(2)23(28)25-12-10-16(11-13-25)24-22(27)20-14-17(26(29)30)4-9-21(20)32-19-7-5-18(31-3)6-8-19/h4-9,14-16H,10-13H2,1-3H3,(H,24,27). The van der Waals surface area contributed by atoms with Crippen LogP contribution in [0, 0.1) is 16.0 Å². The van der Waals surface area contributed by atoms with Crippen molar-refractivity contribution in [3.05, 3.63) is 58.1 Å². The lowest BCUT2D eigenvalue weighted by molar-refractivity contribution is -0.384. The Hall–Kier alpha value is -3.62. The normalized spacial score (nSPS) is 14.2. The number of ether oxygens (including phenoxy) is 2. The number of nitro groups is 1. The fourth-order valence-corrected chi connectivity index (χ4v) is 3.54. The van der Waals surface area contributed by atoms with Gasteiger partial charge < -0.3 is 19.7 Å². The first kappa shape index (κ1) is 23.1. The Bertz CT molecular complexity index is 982. The fraction of sp³-hybridized carbons (Fsp3) is 0.391. The Morgan fingerprint density at radius 2 is 1.72 bits per heavy atom. The number of rotatable bonds is 7. The second kappa shape index (κ2) is 10.1. The van der Waals surface area contributed by atoms with Gasteiger partial charge in [0.05, 0.1) is 17.6 Å². The van der Waals surface area contributed by atoms with Gasteiger partial charge in [0.25, 0.3) is 11.6 Å². The largest absolute Gasteiger partial charge is 0.497 e. The molecule has 2 amide bonds. The van der Waals surface area contributed by atoms with E-state index < -0.39 is 10.8 Å². The number of hydrogen-bond acceptors (Lipinski definition) is 6. The molecule has 0 atom stereocenters. The van der Waals surface area contributed by atoms with Crippen LogP contribution >= 0.6 is 0 Å². The van der Waals surface area contributed by atoms with Crippen molar-refractivity contribution in [1.29, 1.82) is 0 Å². The van der Waals surface area contributed by atoms with Gasteiger partial charge in [0, 0.05) is 37.2 Å². The Kier molecular flexibility index (Phi) is 7.29. The van der Waals surface area contributed by atoms with Crippen LogP contribution in [0.3, 0.4) is 0 Å². The molecule has 0 aromatic heterocycles. The Labute approximate surface area is 186 Å². The second-order valence-corrected chi connectivity index (χ2v) is 7.94. The van der Waals surface area contributed by atoms with Gasteiger partial charge in [-0.25, -0.2) is 0 Å². The molecule has 0 unspecified atom stereocenters. The molecule has 0 spiro atoms. The zero-order valence-electron chi connectivity index (χ0n) is 18.4.